The first-order valence-electron chi connectivity index (χ1n) is 6.32. The third kappa shape index (κ3) is 3.80. The second kappa shape index (κ2) is 5.98. The van der Waals surface area contributed by atoms with Crippen LogP contribution < -0.4 is 5.32 Å². The molecular formula is C14H21BrN2. The molecule has 1 aromatic rings. The average molecular weight is 297 g/mol. The number of likely N-dealkylation sites (N-methyl/N-ethyl adjacent to an activating group) is 1. The summed E-state index contributed by atoms with van der Waals surface area (Å²) in [6, 6.07) is 7.28. The lowest BCUT2D eigenvalue weighted by molar-refractivity contribution is 0.293. The minimum Gasteiger partial charge on any atom is -0.313 e. The maximum Gasteiger partial charge on any atom is 0.0242 e. The van der Waals surface area contributed by atoms with Gasteiger partial charge in [0.1, 0.15) is 0 Å². The number of benzene rings is 1. The van der Waals surface area contributed by atoms with E-state index >= 15 is 0 Å². The van der Waals surface area contributed by atoms with Gasteiger partial charge in [0.15, 0.2) is 0 Å². The van der Waals surface area contributed by atoms with E-state index in [1.165, 1.54) is 35.0 Å². The van der Waals surface area contributed by atoms with Gasteiger partial charge < -0.3 is 10.2 Å². The minimum atomic E-state index is 0.684. The molecule has 0 aliphatic carbocycles. The van der Waals surface area contributed by atoms with E-state index in [4.69, 9.17) is 0 Å². The minimum absolute atomic E-state index is 0.684. The molecule has 0 saturated carbocycles. The summed E-state index contributed by atoms with van der Waals surface area (Å²) in [7, 11) is 2.20. The van der Waals surface area contributed by atoms with Gasteiger partial charge in [0, 0.05) is 23.6 Å². The zero-order valence-electron chi connectivity index (χ0n) is 10.7. The number of hydrogen-bond donors (Lipinski definition) is 1. The average Bonchev–Trinajstić information content (AvgIpc) is 2.75. The monoisotopic (exact) mass is 296 g/mol. The number of rotatable bonds is 4. The second-order valence-electron chi connectivity index (χ2n) is 5.08. The van der Waals surface area contributed by atoms with Crippen LogP contribution >= 0.6 is 15.9 Å². The van der Waals surface area contributed by atoms with Crippen molar-refractivity contribution in [2.24, 2.45) is 0 Å². The number of nitrogens with zero attached hydrogens (tertiary/aromatic N) is 1. The van der Waals surface area contributed by atoms with Crippen molar-refractivity contribution in [3.8, 4) is 0 Å². The van der Waals surface area contributed by atoms with Gasteiger partial charge in [0.05, 0.1) is 0 Å². The van der Waals surface area contributed by atoms with Crippen LogP contribution in [0.15, 0.2) is 22.7 Å². The predicted octanol–water partition coefficient (Wildman–Crippen LogP) is 2.94. The van der Waals surface area contributed by atoms with Crippen LogP contribution in [0.5, 0.6) is 0 Å². The molecule has 1 N–H and O–H groups in total. The third-order valence-corrected chi connectivity index (χ3v) is 4.08. The smallest absolute Gasteiger partial charge is 0.0242 e. The summed E-state index contributed by atoms with van der Waals surface area (Å²) in [4.78, 5) is 2.40. The van der Waals surface area contributed by atoms with E-state index in [0.29, 0.717) is 6.04 Å². The van der Waals surface area contributed by atoms with Crippen molar-refractivity contribution < 1.29 is 0 Å². The fourth-order valence-corrected chi connectivity index (χ4v) is 3.04. The van der Waals surface area contributed by atoms with Crippen molar-refractivity contribution in [3.05, 3.63) is 33.8 Å². The topological polar surface area (TPSA) is 15.3 Å². The van der Waals surface area contributed by atoms with Crippen LogP contribution in [-0.4, -0.2) is 31.1 Å². The highest BCUT2D eigenvalue weighted by Gasteiger charge is 2.16. The highest BCUT2D eigenvalue weighted by molar-refractivity contribution is 9.10. The lowest BCUT2D eigenvalue weighted by Gasteiger charge is -2.21. The first kappa shape index (κ1) is 13.1. The van der Waals surface area contributed by atoms with Gasteiger partial charge in [-0.2, -0.15) is 0 Å². The second-order valence-corrected chi connectivity index (χ2v) is 5.94. The summed E-state index contributed by atoms with van der Waals surface area (Å²) < 4.78 is 1.23. The Kier molecular flexibility index (Phi) is 4.60. The van der Waals surface area contributed by atoms with Gasteiger partial charge in [0.2, 0.25) is 0 Å². The molecule has 1 aromatic carbocycles. The van der Waals surface area contributed by atoms with Crippen LogP contribution in [0.1, 0.15) is 24.0 Å². The third-order valence-electron chi connectivity index (χ3n) is 3.34. The summed E-state index contributed by atoms with van der Waals surface area (Å²) in [6.07, 6.45) is 2.64. The van der Waals surface area contributed by atoms with Gasteiger partial charge >= 0.3 is 0 Å². The van der Waals surface area contributed by atoms with Crippen LogP contribution in [0, 0.1) is 6.92 Å². The molecule has 0 amide bonds. The SMILES string of the molecule is Cc1ccc(CN(C)CC2CCCN2)c(Br)c1. The molecule has 1 fully saturated rings. The van der Waals surface area contributed by atoms with E-state index in [-0.39, 0.29) is 0 Å². The summed E-state index contributed by atoms with van der Waals surface area (Å²) in [6.45, 7) is 5.47. The fourth-order valence-electron chi connectivity index (χ4n) is 2.42. The molecule has 1 aliphatic rings. The molecule has 1 saturated heterocycles. The van der Waals surface area contributed by atoms with Crippen LogP contribution in [-0.2, 0) is 6.54 Å². The molecule has 0 aromatic heterocycles. The predicted molar refractivity (Wildman–Crippen MR) is 76.2 cm³/mol. The van der Waals surface area contributed by atoms with E-state index in [1.54, 1.807) is 0 Å². The van der Waals surface area contributed by atoms with Crippen molar-refractivity contribution in [2.75, 3.05) is 20.1 Å². The Balaban J connectivity index is 1.90. The summed E-state index contributed by atoms with van der Waals surface area (Å²) in [5, 5.41) is 3.54. The van der Waals surface area contributed by atoms with Gasteiger partial charge in [-0.1, -0.05) is 28.1 Å². The molecule has 0 radical (unpaired) electrons. The maximum atomic E-state index is 3.65. The van der Waals surface area contributed by atoms with E-state index in [1.807, 2.05) is 0 Å². The van der Waals surface area contributed by atoms with Gasteiger partial charge in [-0.15, -0.1) is 0 Å². The molecule has 1 unspecified atom stereocenters. The molecule has 1 heterocycles. The maximum absolute atomic E-state index is 3.65. The first-order valence-corrected chi connectivity index (χ1v) is 7.11. The fraction of sp³-hybridized carbons (Fsp3) is 0.571. The zero-order valence-corrected chi connectivity index (χ0v) is 12.3. The Morgan fingerprint density at radius 2 is 2.29 bits per heavy atom. The summed E-state index contributed by atoms with van der Waals surface area (Å²) in [5.41, 5.74) is 2.68. The Morgan fingerprint density at radius 1 is 1.47 bits per heavy atom. The van der Waals surface area contributed by atoms with Crippen LogP contribution in [0.4, 0.5) is 0 Å². The lowest BCUT2D eigenvalue weighted by Crippen LogP contribution is -2.35. The summed E-state index contributed by atoms with van der Waals surface area (Å²) in [5.74, 6) is 0. The molecule has 1 aliphatic heterocycles. The Bertz CT molecular complexity index is 372. The van der Waals surface area contributed by atoms with E-state index < -0.39 is 0 Å². The Hall–Kier alpha value is -0.380. The Morgan fingerprint density at radius 3 is 2.94 bits per heavy atom. The zero-order chi connectivity index (χ0) is 12.3. The van der Waals surface area contributed by atoms with Crippen molar-refractivity contribution in [3.63, 3.8) is 0 Å². The van der Waals surface area contributed by atoms with Crippen molar-refractivity contribution in [1.29, 1.82) is 0 Å². The van der Waals surface area contributed by atoms with Crippen molar-refractivity contribution >= 4 is 15.9 Å². The van der Waals surface area contributed by atoms with Gasteiger partial charge in [-0.25, -0.2) is 0 Å². The lowest BCUT2D eigenvalue weighted by atomic mass is 10.1. The molecular weight excluding hydrogens is 276 g/mol. The number of aryl methyl sites for hydroxylation is 1. The van der Waals surface area contributed by atoms with E-state index in [0.717, 1.165) is 13.1 Å². The molecule has 0 spiro atoms. The highest BCUT2D eigenvalue weighted by Crippen LogP contribution is 2.20. The number of hydrogen-bond acceptors (Lipinski definition) is 2. The van der Waals surface area contributed by atoms with Crippen LogP contribution in [0.3, 0.4) is 0 Å². The Labute approximate surface area is 113 Å². The van der Waals surface area contributed by atoms with Crippen molar-refractivity contribution in [1.82, 2.24) is 10.2 Å². The summed E-state index contributed by atoms with van der Waals surface area (Å²) >= 11 is 3.65. The number of nitrogens with one attached hydrogen (secondary N) is 1. The van der Waals surface area contributed by atoms with E-state index in [2.05, 4.69) is 58.3 Å². The van der Waals surface area contributed by atoms with Crippen molar-refractivity contribution in [2.45, 2.75) is 32.4 Å². The van der Waals surface area contributed by atoms with Gasteiger partial charge in [0.25, 0.3) is 0 Å². The van der Waals surface area contributed by atoms with Crippen LogP contribution in [0.25, 0.3) is 0 Å². The molecule has 2 nitrogen and oxygen atoms in total. The van der Waals surface area contributed by atoms with Gasteiger partial charge in [-0.05, 0) is 50.6 Å². The normalized spacial score (nSPS) is 20.1. The molecule has 0 bridgehead atoms. The molecule has 1 atom stereocenters. The van der Waals surface area contributed by atoms with Crippen LogP contribution in [0.2, 0.25) is 0 Å². The molecule has 17 heavy (non-hydrogen) atoms. The van der Waals surface area contributed by atoms with E-state index in [9.17, 15) is 0 Å². The first-order chi connectivity index (χ1) is 8.15. The van der Waals surface area contributed by atoms with Gasteiger partial charge in [-0.3, -0.25) is 0 Å². The molecule has 94 valence electrons. The quantitative estimate of drug-likeness (QED) is 0.919. The highest BCUT2D eigenvalue weighted by atomic mass is 79.9. The molecule has 2 rings (SSSR count). The largest absolute Gasteiger partial charge is 0.313 e. The standard InChI is InChI=1S/C14H21BrN2/c1-11-5-6-12(14(15)8-11)9-17(2)10-13-4-3-7-16-13/h5-6,8,13,16H,3-4,7,9-10H2,1-2H3. The number of halogens is 1. The molecule has 3 heteroatoms.